The molecule has 2 heterocycles. The molecule has 2 aromatic rings. The lowest BCUT2D eigenvalue weighted by atomic mass is 9.96. The number of carbonyl (C=O) groups is 1. The van der Waals surface area contributed by atoms with Crippen LogP contribution in [0.4, 0.5) is 5.95 Å². The van der Waals surface area contributed by atoms with E-state index < -0.39 is 0 Å². The summed E-state index contributed by atoms with van der Waals surface area (Å²) in [6.45, 7) is 1.37. The van der Waals surface area contributed by atoms with Gasteiger partial charge < -0.3 is 15.4 Å². The second-order valence-electron chi connectivity index (χ2n) is 7.70. The highest BCUT2D eigenvalue weighted by Gasteiger charge is 2.17. The van der Waals surface area contributed by atoms with E-state index in [4.69, 9.17) is 4.74 Å². The maximum atomic E-state index is 12.3. The molecule has 1 amide bonds. The van der Waals surface area contributed by atoms with Crippen LogP contribution < -0.4 is 10.6 Å². The number of hydrogen-bond acceptors (Lipinski definition) is 5. The number of nitrogens with zero attached hydrogens (tertiary/aromatic N) is 2. The fourth-order valence-corrected chi connectivity index (χ4v) is 3.91. The van der Waals surface area contributed by atoms with Crippen molar-refractivity contribution in [1.82, 2.24) is 15.3 Å². The molecule has 2 N–H and O–H groups in total. The molecular weight excluding hydrogens is 352 g/mol. The van der Waals surface area contributed by atoms with Crippen molar-refractivity contribution in [3.63, 3.8) is 0 Å². The van der Waals surface area contributed by atoms with Crippen LogP contribution in [0.25, 0.3) is 11.1 Å². The minimum absolute atomic E-state index is 0.0645. The summed E-state index contributed by atoms with van der Waals surface area (Å²) in [7, 11) is 0. The largest absolute Gasteiger partial charge is 0.376 e. The Kier molecular flexibility index (Phi) is 6.17. The van der Waals surface area contributed by atoms with Crippen LogP contribution in [0, 0.1) is 0 Å². The smallest absolute Gasteiger partial charge is 0.251 e. The van der Waals surface area contributed by atoms with Crippen LogP contribution in [0.5, 0.6) is 0 Å². The quantitative estimate of drug-likeness (QED) is 0.797. The van der Waals surface area contributed by atoms with E-state index in [1.165, 1.54) is 32.1 Å². The molecule has 1 aliphatic carbocycles. The number of anilines is 1. The van der Waals surface area contributed by atoms with Gasteiger partial charge in [0.25, 0.3) is 5.91 Å². The number of nitrogens with one attached hydrogen (secondary N) is 2. The van der Waals surface area contributed by atoms with Crippen molar-refractivity contribution >= 4 is 11.9 Å². The van der Waals surface area contributed by atoms with Gasteiger partial charge in [0.05, 0.1) is 6.10 Å². The molecule has 1 aromatic carbocycles. The van der Waals surface area contributed by atoms with Crippen molar-refractivity contribution < 1.29 is 9.53 Å². The van der Waals surface area contributed by atoms with Gasteiger partial charge in [-0.25, -0.2) is 9.97 Å². The number of hydrogen-bond donors (Lipinski definition) is 2. The molecule has 2 aliphatic rings. The number of amides is 1. The second-order valence-corrected chi connectivity index (χ2v) is 7.70. The SMILES string of the molecule is O=C(NCC1CCCO1)c1ccc(-c2cnc(NC3CCCCC3)nc2)cc1. The van der Waals surface area contributed by atoms with Crippen LogP contribution in [-0.4, -0.2) is 41.2 Å². The first-order valence-electron chi connectivity index (χ1n) is 10.4. The lowest BCUT2D eigenvalue weighted by molar-refractivity contribution is 0.0858. The maximum absolute atomic E-state index is 12.3. The lowest BCUT2D eigenvalue weighted by Gasteiger charge is -2.22. The summed E-state index contributed by atoms with van der Waals surface area (Å²) < 4.78 is 5.54. The Hall–Kier alpha value is -2.47. The molecule has 148 valence electrons. The Bertz CT molecular complexity index is 764. The Balaban J connectivity index is 1.33. The van der Waals surface area contributed by atoms with Gasteiger partial charge in [0.1, 0.15) is 0 Å². The zero-order valence-electron chi connectivity index (χ0n) is 16.2. The van der Waals surface area contributed by atoms with Crippen LogP contribution in [0.15, 0.2) is 36.7 Å². The highest BCUT2D eigenvalue weighted by atomic mass is 16.5. The van der Waals surface area contributed by atoms with Gasteiger partial charge in [-0.3, -0.25) is 4.79 Å². The highest BCUT2D eigenvalue weighted by Crippen LogP contribution is 2.22. The van der Waals surface area contributed by atoms with E-state index in [9.17, 15) is 4.79 Å². The molecule has 28 heavy (non-hydrogen) atoms. The number of carbonyl (C=O) groups excluding carboxylic acids is 1. The van der Waals surface area contributed by atoms with E-state index >= 15 is 0 Å². The molecule has 6 nitrogen and oxygen atoms in total. The molecule has 0 radical (unpaired) electrons. The van der Waals surface area contributed by atoms with E-state index in [-0.39, 0.29) is 12.0 Å². The third-order valence-corrected chi connectivity index (χ3v) is 5.58. The molecule has 1 aromatic heterocycles. The lowest BCUT2D eigenvalue weighted by Crippen LogP contribution is -2.31. The number of aromatic nitrogens is 2. The van der Waals surface area contributed by atoms with E-state index in [0.717, 1.165) is 30.6 Å². The van der Waals surface area contributed by atoms with Crippen molar-refractivity contribution in [3.8, 4) is 11.1 Å². The Morgan fingerprint density at radius 1 is 0.964 bits per heavy atom. The molecule has 2 fully saturated rings. The summed E-state index contributed by atoms with van der Waals surface area (Å²) in [4.78, 5) is 21.2. The highest BCUT2D eigenvalue weighted by molar-refractivity contribution is 5.94. The molecule has 1 atom stereocenters. The van der Waals surface area contributed by atoms with Gasteiger partial charge in [-0.05, 0) is 43.4 Å². The van der Waals surface area contributed by atoms with Gasteiger partial charge in [-0.15, -0.1) is 0 Å². The summed E-state index contributed by atoms with van der Waals surface area (Å²) in [6.07, 6.45) is 12.2. The van der Waals surface area contributed by atoms with Crippen molar-refractivity contribution in [2.75, 3.05) is 18.5 Å². The van der Waals surface area contributed by atoms with Crippen LogP contribution in [0.2, 0.25) is 0 Å². The summed E-state index contributed by atoms with van der Waals surface area (Å²) in [5.74, 6) is 0.631. The zero-order valence-corrected chi connectivity index (χ0v) is 16.2. The summed E-state index contributed by atoms with van der Waals surface area (Å²) in [6, 6.07) is 8.05. The minimum Gasteiger partial charge on any atom is -0.376 e. The van der Waals surface area contributed by atoms with Gasteiger partial charge in [-0.1, -0.05) is 31.4 Å². The van der Waals surface area contributed by atoms with Crippen molar-refractivity contribution in [3.05, 3.63) is 42.2 Å². The number of ether oxygens (including phenoxy) is 1. The first-order valence-corrected chi connectivity index (χ1v) is 10.4. The first-order chi connectivity index (χ1) is 13.8. The van der Waals surface area contributed by atoms with E-state index in [1.807, 2.05) is 36.7 Å². The molecule has 0 bridgehead atoms. The summed E-state index contributed by atoms with van der Waals surface area (Å²) >= 11 is 0. The third-order valence-electron chi connectivity index (χ3n) is 5.58. The standard InChI is InChI=1S/C22H28N4O2/c27-21(23-15-20-7-4-12-28-20)17-10-8-16(9-11-17)18-13-24-22(25-14-18)26-19-5-2-1-3-6-19/h8-11,13-14,19-20H,1-7,12,15H2,(H,23,27)(H,24,25,26). The van der Waals surface area contributed by atoms with E-state index in [0.29, 0.717) is 24.1 Å². The summed E-state index contributed by atoms with van der Waals surface area (Å²) in [5.41, 5.74) is 2.60. The van der Waals surface area contributed by atoms with Gasteiger partial charge in [0.15, 0.2) is 0 Å². The van der Waals surface area contributed by atoms with E-state index in [1.54, 1.807) is 0 Å². The fraction of sp³-hybridized carbons (Fsp3) is 0.500. The average Bonchev–Trinajstić information content (AvgIpc) is 3.27. The van der Waals surface area contributed by atoms with Gasteiger partial charge in [0.2, 0.25) is 5.95 Å². The van der Waals surface area contributed by atoms with E-state index in [2.05, 4.69) is 20.6 Å². The molecule has 1 aliphatic heterocycles. The maximum Gasteiger partial charge on any atom is 0.251 e. The van der Waals surface area contributed by atoms with Crippen LogP contribution >= 0.6 is 0 Å². The minimum atomic E-state index is -0.0645. The van der Waals surface area contributed by atoms with Gasteiger partial charge >= 0.3 is 0 Å². The molecule has 1 saturated heterocycles. The summed E-state index contributed by atoms with van der Waals surface area (Å²) in [5, 5.41) is 6.38. The van der Waals surface area contributed by atoms with Crippen LogP contribution in [0.3, 0.4) is 0 Å². The van der Waals surface area contributed by atoms with Gasteiger partial charge in [-0.2, -0.15) is 0 Å². The molecule has 4 rings (SSSR count). The normalized spacial score (nSPS) is 20.1. The predicted octanol–water partition coefficient (Wildman–Crippen LogP) is 3.80. The van der Waals surface area contributed by atoms with Crippen LogP contribution in [-0.2, 0) is 4.74 Å². The van der Waals surface area contributed by atoms with Crippen molar-refractivity contribution in [2.24, 2.45) is 0 Å². The number of rotatable bonds is 6. The first kappa shape index (κ1) is 18.9. The molecular formula is C22H28N4O2. The monoisotopic (exact) mass is 380 g/mol. The predicted molar refractivity (Wildman–Crippen MR) is 109 cm³/mol. The molecule has 6 heteroatoms. The average molecular weight is 380 g/mol. The van der Waals surface area contributed by atoms with Gasteiger partial charge in [0, 0.05) is 42.7 Å². The Morgan fingerprint density at radius 2 is 1.71 bits per heavy atom. The molecule has 1 unspecified atom stereocenters. The Labute approximate surface area is 166 Å². The fourth-order valence-electron chi connectivity index (χ4n) is 3.91. The molecule has 1 saturated carbocycles. The molecule has 0 spiro atoms. The zero-order chi connectivity index (χ0) is 19.2. The van der Waals surface area contributed by atoms with Crippen LogP contribution in [0.1, 0.15) is 55.3 Å². The third kappa shape index (κ3) is 4.87. The van der Waals surface area contributed by atoms with Crippen molar-refractivity contribution in [2.45, 2.75) is 57.1 Å². The van der Waals surface area contributed by atoms with Crippen molar-refractivity contribution in [1.29, 1.82) is 0 Å². The topological polar surface area (TPSA) is 76.1 Å². The second kappa shape index (κ2) is 9.15. The number of benzene rings is 1. The Morgan fingerprint density at radius 3 is 2.39 bits per heavy atom.